The zero-order valence-electron chi connectivity index (χ0n) is 6.10. The first-order valence-electron chi connectivity index (χ1n) is 3.01. The predicted octanol–water partition coefficient (Wildman–Crippen LogP) is 1.72. The van der Waals surface area contributed by atoms with Gasteiger partial charge in [0.2, 0.25) is 0 Å². The minimum absolute atomic E-state index is 0.0590. The number of rotatable bonds is 2. The van der Waals surface area contributed by atoms with Crippen LogP contribution in [0.15, 0.2) is 0 Å². The zero-order chi connectivity index (χ0) is 7.28. The first-order chi connectivity index (χ1) is 4.16. The summed E-state index contributed by atoms with van der Waals surface area (Å²) in [7, 11) is 1.65. The van der Waals surface area contributed by atoms with E-state index in [9.17, 15) is 4.79 Å². The first kappa shape index (κ1) is 8.82. The van der Waals surface area contributed by atoms with Gasteiger partial charge in [-0.2, -0.15) is 0 Å². The van der Waals surface area contributed by atoms with Gasteiger partial charge in [0.05, 0.1) is 0 Å². The van der Waals surface area contributed by atoms with Crippen LogP contribution in [0, 0.1) is 5.92 Å². The number of thioether (sulfide) groups is 1. The number of hydrogen-bond acceptors (Lipinski definition) is 2. The van der Waals surface area contributed by atoms with E-state index in [1.165, 1.54) is 11.8 Å². The van der Waals surface area contributed by atoms with Gasteiger partial charge in [0.1, 0.15) is 0 Å². The molecular formula is C6H13NOS. The van der Waals surface area contributed by atoms with E-state index in [0.717, 1.165) is 5.75 Å². The maximum atomic E-state index is 10.6. The second-order valence-corrected chi connectivity index (χ2v) is 3.24. The van der Waals surface area contributed by atoms with E-state index >= 15 is 0 Å². The summed E-state index contributed by atoms with van der Waals surface area (Å²) < 4.78 is 0. The van der Waals surface area contributed by atoms with E-state index in [4.69, 9.17) is 0 Å². The smallest absolute Gasteiger partial charge is 0.278 e. The van der Waals surface area contributed by atoms with Gasteiger partial charge in [-0.15, -0.1) is 0 Å². The quantitative estimate of drug-likeness (QED) is 0.644. The summed E-state index contributed by atoms with van der Waals surface area (Å²) >= 11 is 1.33. The minimum atomic E-state index is 0.0590. The van der Waals surface area contributed by atoms with E-state index in [1.807, 2.05) is 0 Å². The van der Waals surface area contributed by atoms with Crippen LogP contribution in [-0.4, -0.2) is 18.0 Å². The molecule has 0 unspecified atom stereocenters. The average Bonchev–Trinajstić information content (AvgIpc) is 1.83. The Hall–Kier alpha value is -0.180. The maximum absolute atomic E-state index is 10.6. The molecule has 0 aromatic rings. The van der Waals surface area contributed by atoms with Gasteiger partial charge in [-0.25, -0.2) is 0 Å². The molecule has 0 heterocycles. The molecular weight excluding hydrogens is 134 g/mol. The van der Waals surface area contributed by atoms with Gasteiger partial charge in [-0.3, -0.25) is 4.79 Å². The molecule has 0 spiro atoms. The van der Waals surface area contributed by atoms with Crippen molar-refractivity contribution in [1.82, 2.24) is 5.32 Å². The zero-order valence-corrected chi connectivity index (χ0v) is 6.92. The van der Waals surface area contributed by atoms with Gasteiger partial charge in [0.25, 0.3) is 5.24 Å². The highest BCUT2D eigenvalue weighted by Gasteiger charge is 1.99. The Balaban J connectivity index is 3.17. The molecule has 9 heavy (non-hydrogen) atoms. The fourth-order valence-electron chi connectivity index (χ4n) is 0.315. The third-order valence-corrected chi connectivity index (χ3v) is 2.05. The lowest BCUT2D eigenvalue weighted by Gasteiger charge is -2.00. The molecule has 0 aromatic heterocycles. The number of nitrogens with one attached hydrogen (secondary N) is 1. The van der Waals surface area contributed by atoms with Crippen molar-refractivity contribution >= 4 is 17.0 Å². The molecule has 0 atom stereocenters. The van der Waals surface area contributed by atoms with Gasteiger partial charge in [-0.1, -0.05) is 25.6 Å². The highest BCUT2D eigenvalue weighted by molar-refractivity contribution is 8.13. The van der Waals surface area contributed by atoms with Crippen molar-refractivity contribution < 1.29 is 4.79 Å². The van der Waals surface area contributed by atoms with Crippen molar-refractivity contribution in [2.24, 2.45) is 5.92 Å². The topological polar surface area (TPSA) is 29.1 Å². The summed E-state index contributed by atoms with van der Waals surface area (Å²) in [6.45, 7) is 4.19. The Morgan fingerprint density at radius 3 is 2.56 bits per heavy atom. The van der Waals surface area contributed by atoms with Gasteiger partial charge in [0.15, 0.2) is 0 Å². The standard InChI is InChI=1S/C6H13NOS/c1-5(2)4-9-6(8)7-3/h5H,4H2,1-3H3,(H,7,8). The summed E-state index contributed by atoms with van der Waals surface area (Å²) in [4.78, 5) is 10.6. The van der Waals surface area contributed by atoms with Crippen molar-refractivity contribution in [2.75, 3.05) is 12.8 Å². The summed E-state index contributed by atoms with van der Waals surface area (Å²) in [6, 6.07) is 0. The van der Waals surface area contributed by atoms with E-state index in [2.05, 4.69) is 19.2 Å². The van der Waals surface area contributed by atoms with Crippen molar-refractivity contribution in [3.8, 4) is 0 Å². The highest BCUT2D eigenvalue weighted by atomic mass is 32.2. The second-order valence-electron chi connectivity index (χ2n) is 2.24. The predicted molar refractivity (Wildman–Crippen MR) is 41.8 cm³/mol. The van der Waals surface area contributed by atoms with Crippen molar-refractivity contribution in [3.63, 3.8) is 0 Å². The summed E-state index contributed by atoms with van der Waals surface area (Å²) in [5, 5.41) is 2.60. The Morgan fingerprint density at radius 1 is 1.67 bits per heavy atom. The van der Waals surface area contributed by atoms with Crippen LogP contribution in [0.2, 0.25) is 0 Å². The van der Waals surface area contributed by atoms with Crippen LogP contribution >= 0.6 is 11.8 Å². The number of amides is 1. The van der Waals surface area contributed by atoms with Crippen LogP contribution < -0.4 is 5.32 Å². The lowest BCUT2D eigenvalue weighted by Crippen LogP contribution is -2.12. The van der Waals surface area contributed by atoms with Gasteiger partial charge in [0, 0.05) is 12.8 Å². The molecule has 0 saturated carbocycles. The molecule has 0 aliphatic carbocycles. The van der Waals surface area contributed by atoms with Gasteiger partial charge in [-0.05, 0) is 5.92 Å². The highest BCUT2D eigenvalue weighted by Crippen LogP contribution is 2.06. The molecule has 1 amide bonds. The normalized spacial score (nSPS) is 9.78. The Morgan fingerprint density at radius 2 is 2.22 bits per heavy atom. The Bertz CT molecular complexity index is 93.1. The fraction of sp³-hybridized carbons (Fsp3) is 0.833. The largest absolute Gasteiger partial charge is 0.350 e. The number of carbonyl (C=O) groups is 1. The lowest BCUT2D eigenvalue weighted by molar-refractivity contribution is 0.262. The van der Waals surface area contributed by atoms with E-state index in [1.54, 1.807) is 7.05 Å². The minimum Gasteiger partial charge on any atom is -0.350 e. The van der Waals surface area contributed by atoms with Crippen LogP contribution in [0.25, 0.3) is 0 Å². The molecule has 2 nitrogen and oxygen atoms in total. The molecule has 54 valence electrons. The Kier molecular flexibility index (Phi) is 4.58. The van der Waals surface area contributed by atoms with Gasteiger partial charge >= 0.3 is 0 Å². The van der Waals surface area contributed by atoms with Crippen molar-refractivity contribution in [1.29, 1.82) is 0 Å². The van der Waals surface area contributed by atoms with E-state index < -0.39 is 0 Å². The average molecular weight is 147 g/mol. The first-order valence-corrected chi connectivity index (χ1v) is 4.00. The molecule has 0 bridgehead atoms. The molecule has 0 fully saturated rings. The number of hydrogen-bond donors (Lipinski definition) is 1. The molecule has 0 rings (SSSR count). The summed E-state index contributed by atoms with van der Waals surface area (Å²) in [6.07, 6.45) is 0. The Labute approximate surface area is 60.4 Å². The van der Waals surface area contributed by atoms with Crippen molar-refractivity contribution in [3.05, 3.63) is 0 Å². The van der Waals surface area contributed by atoms with E-state index in [0.29, 0.717) is 5.92 Å². The molecule has 0 aromatic carbocycles. The monoisotopic (exact) mass is 147 g/mol. The van der Waals surface area contributed by atoms with Crippen LogP contribution in [0.1, 0.15) is 13.8 Å². The third-order valence-electron chi connectivity index (χ3n) is 0.752. The lowest BCUT2D eigenvalue weighted by atomic mass is 10.3. The number of carbonyl (C=O) groups excluding carboxylic acids is 1. The van der Waals surface area contributed by atoms with E-state index in [-0.39, 0.29) is 5.24 Å². The fourth-order valence-corrected chi connectivity index (χ4v) is 0.944. The SMILES string of the molecule is CNC(=O)SCC(C)C. The van der Waals surface area contributed by atoms with Gasteiger partial charge < -0.3 is 5.32 Å². The molecule has 1 N–H and O–H groups in total. The molecule has 0 radical (unpaired) electrons. The summed E-state index contributed by atoms with van der Waals surface area (Å²) in [5.74, 6) is 1.49. The summed E-state index contributed by atoms with van der Waals surface area (Å²) in [5.41, 5.74) is 0. The second kappa shape index (κ2) is 4.68. The third kappa shape index (κ3) is 5.69. The molecule has 0 aliphatic heterocycles. The maximum Gasteiger partial charge on any atom is 0.278 e. The molecule has 3 heteroatoms. The van der Waals surface area contributed by atoms with Crippen molar-refractivity contribution in [2.45, 2.75) is 13.8 Å². The van der Waals surface area contributed by atoms with Crippen LogP contribution in [0.3, 0.4) is 0 Å². The van der Waals surface area contributed by atoms with Crippen LogP contribution in [0.4, 0.5) is 4.79 Å². The van der Waals surface area contributed by atoms with Crippen LogP contribution in [0.5, 0.6) is 0 Å². The molecule has 0 aliphatic rings. The van der Waals surface area contributed by atoms with Crippen LogP contribution in [-0.2, 0) is 0 Å². The molecule has 0 saturated heterocycles.